The van der Waals surface area contributed by atoms with E-state index in [9.17, 15) is 14.0 Å². The summed E-state index contributed by atoms with van der Waals surface area (Å²) in [6.45, 7) is 0.988. The molecule has 1 heterocycles. The number of hydrogen-bond donors (Lipinski definition) is 0. The predicted octanol–water partition coefficient (Wildman–Crippen LogP) is 4.70. The summed E-state index contributed by atoms with van der Waals surface area (Å²) in [6.07, 6.45) is 7.93. The molecule has 32 heavy (non-hydrogen) atoms. The summed E-state index contributed by atoms with van der Waals surface area (Å²) < 4.78 is 14.6. The fourth-order valence-electron chi connectivity index (χ4n) is 5.15. The maximum absolute atomic E-state index is 14.6. The van der Waals surface area contributed by atoms with E-state index in [1.54, 1.807) is 31.1 Å². The van der Waals surface area contributed by atoms with E-state index in [0.29, 0.717) is 43.8 Å². The quantitative estimate of drug-likeness (QED) is 0.619. The van der Waals surface area contributed by atoms with Crippen molar-refractivity contribution in [3.63, 3.8) is 0 Å². The van der Waals surface area contributed by atoms with Gasteiger partial charge in [0.2, 0.25) is 11.8 Å². The molecule has 0 radical (unpaired) electrons. The third-order valence-corrected chi connectivity index (χ3v) is 6.83. The zero-order valence-corrected chi connectivity index (χ0v) is 18.9. The SMILES string of the molecule is CN(C)C(=O)[C@@]1(Cc2ccccc2-c2ccccc2F)CCN(C(=O)C[C@@H]2C=CCC2)C1. The lowest BCUT2D eigenvalue weighted by Crippen LogP contribution is -2.44. The maximum Gasteiger partial charge on any atom is 0.230 e. The lowest BCUT2D eigenvalue weighted by molar-refractivity contribution is -0.139. The number of carbonyl (C=O) groups excluding carboxylic acids is 2. The molecule has 4 nitrogen and oxygen atoms in total. The van der Waals surface area contributed by atoms with Crippen molar-refractivity contribution in [3.05, 3.63) is 72.1 Å². The lowest BCUT2D eigenvalue weighted by Gasteiger charge is -2.32. The summed E-state index contributed by atoms with van der Waals surface area (Å²) in [5.74, 6) is 0.180. The Labute approximate surface area is 189 Å². The van der Waals surface area contributed by atoms with E-state index in [1.165, 1.54) is 6.07 Å². The summed E-state index contributed by atoms with van der Waals surface area (Å²) in [5, 5.41) is 0. The molecule has 1 saturated heterocycles. The van der Waals surface area contributed by atoms with Crippen LogP contribution in [0.4, 0.5) is 4.39 Å². The lowest BCUT2D eigenvalue weighted by atomic mass is 9.77. The van der Waals surface area contributed by atoms with E-state index >= 15 is 0 Å². The van der Waals surface area contributed by atoms with Gasteiger partial charge in [0.25, 0.3) is 0 Å². The molecular weight excluding hydrogens is 403 g/mol. The highest BCUT2D eigenvalue weighted by Crippen LogP contribution is 2.39. The fraction of sp³-hybridized carbons (Fsp3) is 0.407. The summed E-state index contributed by atoms with van der Waals surface area (Å²) in [4.78, 5) is 29.9. The summed E-state index contributed by atoms with van der Waals surface area (Å²) in [5.41, 5.74) is 1.57. The van der Waals surface area contributed by atoms with Gasteiger partial charge in [0.15, 0.2) is 0 Å². The van der Waals surface area contributed by atoms with E-state index < -0.39 is 5.41 Å². The van der Waals surface area contributed by atoms with Crippen LogP contribution in [-0.4, -0.2) is 48.8 Å². The fourth-order valence-corrected chi connectivity index (χ4v) is 5.15. The van der Waals surface area contributed by atoms with E-state index in [2.05, 4.69) is 12.2 Å². The average Bonchev–Trinajstić information content (AvgIpc) is 3.45. The van der Waals surface area contributed by atoms with Crippen LogP contribution in [0.1, 0.15) is 31.2 Å². The van der Waals surface area contributed by atoms with Crippen LogP contribution in [0.15, 0.2) is 60.7 Å². The Morgan fingerprint density at radius 3 is 2.50 bits per heavy atom. The zero-order chi connectivity index (χ0) is 22.7. The monoisotopic (exact) mass is 434 g/mol. The second-order valence-electron chi connectivity index (χ2n) is 9.33. The molecule has 168 valence electrons. The van der Waals surface area contributed by atoms with Gasteiger partial charge in [-0.25, -0.2) is 4.39 Å². The van der Waals surface area contributed by atoms with Gasteiger partial charge in [-0.05, 0) is 48.8 Å². The molecule has 2 atom stereocenters. The number of allylic oxidation sites excluding steroid dienone is 2. The number of hydrogen-bond acceptors (Lipinski definition) is 2. The normalized spacial score (nSPS) is 22.3. The topological polar surface area (TPSA) is 40.6 Å². The molecule has 1 fully saturated rings. The highest BCUT2D eigenvalue weighted by molar-refractivity contribution is 5.86. The van der Waals surface area contributed by atoms with E-state index in [-0.39, 0.29) is 17.6 Å². The first kappa shape index (κ1) is 22.3. The average molecular weight is 435 g/mol. The van der Waals surface area contributed by atoms with Crippen LogP contribution in [0, 0.1) is 17.2 Å². The first-order valence-corrected chi connectivity index (χ1v) is 11.4. The van der Waals surface area contributed by atoms with Crippen molar-refractivity contribution >= 4 is 11.8 Å². The number of benzene rings is 2. The van der Waals surface area contributed by atoms with Gasteiger partial charge in [0.05, 0.1) is 5.41 Å². The number of nitrogens with zero attached hydrogens (tertiary/aromatic N) is 2. The van der Waals surface area contributed by atoms with Crippen molar-refractivity contribution in [3.8, 4) is 11.1 Å². The Morgan fingerprint density at radius 1 is 1.09 bits per heavy atom. The van der Waals surface area contributed by atoms with E-state index in [1.807, 2.05) is 35.2 Å². The molecule has 0 N–H and O–H groups in total. The van der Waals surface area contributed by atoms with E-state index in [4.69, 9.17) is 0 Å². The molecule has 2 aliphatic rings. The van der Waals surface area contributed by atoms with Crippen LogP contribution >= 0.6 is 0 Å². The third kappa shape index (κ3) is 4.47. The maximum atomic E-state index is 14.6. The highest BCUT2D eigenvalue weighted by Gasteiger charge is 2.47. The van der Waals surface area contributed by atoms with Gasteiger partial charge in [0.1, 0.15) is 5.82 Å². The number of rotatable bonds is 6. The van der Waals surface area contributed by atoms with Crippen molar-refractivity contribution < 1.29 is 14.0 Å². The number of likely N-dealkylation sites (tertiary alicyclic amines) is 1. The van der Waals surface area contributed by atoms with Crippen LogP contribution < -0.4 is 0 Å². The molecule has 0 bridgehead atoms. The smallest absolute Gasteiger partial charge is 0.230 e. The van der Waals surface area contributed by atoms with Crippen molar-refractivity contribution in [1.29, 1.82) is 0 Å². The summed E-state index contributed by atoms with van der Waals surface area (Å²) >= 11 is 0. The molecule has 0 spiro atoms. The Kier molecular flexibility index (Phi) is 6.45. The number of halogens is 1. The van der Waals surface area contributed by atoms with Gasteiger partial charge >= 0.3 is 0 Å². The van der Waals surface area contributed by atoms with Crippen LogP contribution in [0.2, 0.25) is 0 Å². The Bertz CT molecular complexity index is 1030. The standard InChI is InChI=1S/C27H31FN2O2/c1-29(2)26(32)27(15-16-30(19-27)25(31)17-20-9-3-4-10-20)18-21-11-5-6-12-22(21)23-13-7-8-14-24(23)28/h3,5-9,11-14,20H,4,10,15-19H2,1-2H3/t20-,27-/m1/s1. The molecule has 0 aromatic heterocycles. The third-order valence-electron chi connectivity index (χ3n) is 6.83. The van der Waals surface area contributed by atoms with Crippen molar-refractivity contribution in [2.45, 2.75) is 32.1 Å². The van der Waals surface area contributed by atoms with Gasteiger partial charge in [-0.3, -0.25) is 9.59 Å². The highest BCUT2D eigenvalue weighted by atomic mass is 19.1. The molecule has 2 aromatic carbocycles. The largest absolute Gasteiger partial charge is 0.348 e. The molecule has 4 rings (SSSR count). The minimum absolute atomic E-state index is 0.0249. The van der Waals surface area contributed by atoms with Crippen LogP contribution in [0.5, 0.6) is 0 Å². The molecule has 0 saturated carbocycles. The minimum Gasteiger partial charge on any atom is -0.348 e. The van der Waals surface area contributed by atoms with Crippen molar-refractivity contribution in [2.75, 3.05) is 27.2 Å². The Balaban J connectivity index is 1.62. The second kappa shape index (κ2) is 9.27. The first-order chi connectivity index (χ1) is 15.4. The summed E-state index contributed by atoms with van der Waals surface area (Å²) in [6, 6.07) is 14.4. The van der Waals surface area contributed by atoms with Gasteiger partial charge in [0, 0.05) is 39.2 Å². The van der Waals surface area contributed by atoms with Gasteiger partial charge in [-0.2, -0.15) is 0 Å². The van der Waals surface area contributed by atoms with Crippen LogP contribution in [0.3, 0.4) is 0 Å². The van der Waals surface area contributed by atoms with Gasteiger partial charge in [-0.15, -0.1) is 0 Å². The first-order valence-electron chi connectivity index (χ1n) is 11.4. The molecular formula is C27H31FN2O2. The van der Waals surface area contributed by atoms with Crippen LogP contribution in [-0.2, 0) is 16.0 Å². The molecule has 0 unspecified atom stereocenters. The number of amides is 2. The molecule has 1 aliphatic carbocycles. The Hall–Kier alpha value is -2.95. The van der Waals surface area contributed by atoms with Gasteiger partial charge in [-0.1, -0.05) is 54.6 Å². The molecule has 1 aliphatic heterocycles. The van der Waals surface area contributed by atoms with Crippen LogP contribution in [0.25, 0.3) is 11.1 Å². The Morgan fingerprint density at radius 2 is 1.81 bits per heavy atom. The second-order valence-corrected chi connectivity index (χ2v) is 9.33. The predicted molar refractivity (Wildman–Crippen MR) is 124 cm³/mol. The van der Waals surface area contributed by atoms with Crippen molar-refractivity contribution in [2.24, 2.45) is 11.3 Å². The molecule has 2 amide bonds. The minimum atomic E-state index is -0.702. The zero-order valence-electron chi connectivity index (χ0n) is 18.9. The molecule has 5 heteroatoms. The molecule has 2 aromatic rings. The van der Waals surface area contributed by atoms with E-state index in [0.717, 1.165) is 24.0 Å². The van der Waals surface area contributed by atoms with Crippen molar-refractivity contribution in [1.82, 2.24) is 9.80 Å². The summed E-state index contributed by atoms with van der Waals surface area (Å²) in [7, 11) is 3.53. The van der Waals surface area contributed by atoms with Gasteiger partial charge < -0.3 is 9.80 Å². The number of carbonyl (C=O) groups is 2.